The van der Waals surface area contributed by atoms with E-state index in [4.69, 9.17) is 13.9 Å². The zero-order valence-corrected chi connectivity index (χ0v) is 11.9. The molecule has 2 aromatic rings. The minimum absolute atomic E-state index is 0.0358. The highest BCUT2D eigenvalue weighted by Crippen LogP contribution is 2.13. The lowest BCUT2D eigenvalue weighted by atomic mass is 10.1. The van der Waals surface area contributed by atoms with E-state index in [1.807, 2.05) is 13.8 Å². The molecular formula is C15H17NO5. The first-order chi connectivity index (χ1) is 10.1. The Labute approximate surface area is 121 Å². The van der Waals surface area contributed by atoms with E-state index >= 15 is 0 Å². The molecule has 0 atom stereocenters. The summed E-state index contributed by atoms with van der Waals surface area (Å²) >= 11 is 0. The van der Waals surface area contributed by atoms with Crippen LogP contribution in [0.15, 0.2) is 39.7 Å². The average molecular weight is 291 g/mol. The Bertz CT molecular complexity index is 677. The van der Waals surface area contributed by atoms with Crippen molar-refractivity contribution >= 4 is 17.1 Å². The van der Waals surface area contributed by atoms with E-state index in [1.54, 1.807) is 18.2 Å². The van der Waals surface area contributed by atoms with Crippen LogP contribution in [0.5, 0.6) is 0 Å². The Kier molecular flexibility index (Phi) is 4.94. The van der Waals surface area contributed by atoms with Crippen molar-refractivity contribution < 1.29 is 18.7 Å². The third-order valence-electron chi connectivity index (χ3n) is 2.73. The molecule has 6 heteroatoms. The lowest BCUT2D eigenvalue weighted by Gasteiger charge is -2.09. The van der Waals surface area contributed by atoms with E-state index in [2.05, 4.69) is 5.32 Å². The van der Waals surface area contributed by atoms with E-state index in [0.29, 0.717) is 11.0 Å². The molecule has 1 N–H and O–H groups in total. The second-order valence-electron chi connectivity index (χ2n) is 4.73. The van der Waals surface area contributed by atoms with Crippen LogP contribution < -0.4 is 10.7 Å². The van der Waals surface area contributed by atoms with Gasteiger partial charge in [-0.3, -0.25) is 10.1 Å². The maximum Gasteiger partial charge on any atom is 0.409 e. The molecule has 6 nitrogen and oxygen atoms in total. The summed E-state index contributed by atoms with van der Waals surface area (Å²) in [5.74, 6) is 0. The predicted molar refractivity (Wildman–Crippen MR) is 76.9 cm³/mol. The van der Waals surface area contributed by atoms with Gasteiger partial charge in [-0.25, -0.2) is 4.79 Å². The predicted octanol–water partition coefficient (Wildman–Crippen LogP) is 2.40. The van der Waals surface area contributed by atoms with Gasteiger partial charge in [-0.05, 0) is 31.5 Å². The topological polar surface area (TPSA) is 77.8 Å². The Morgan fingerprint density at radius 2 is 2.14 bits per heavy atom. The molecule has 1 heterocycles. The molecule has 0 saturated carbocycles. The number of rotatable bonds is 5. The summed E-state index contributed by atoms with van der Waals surface area (Å²) in [6, 6.07) is 6.41. The van der Waals surface area contributed by atoms with Crippen LogP contribution in [0.25, 0.3) is 11.0 Å². The van der Waals surface area contributed by atoms with E-state index in [-0.39, 0.29) is 24.9 Å². The number of hydrogen-bond donors (Lipinski definition) is 1. The van der Waals surface area contributed by atoms with Crippen LogP contribution in [0, 0.1) is 0 Å². The van der Waals surface area contributed by atoms with Crippen LogP contribution in [-0.4, -0.2) is 18.9 Å². The van der Waals surface area contributed by atoms with Gasteiger partial charge < -0.3 is 13.9 Å². The number of hydrogen-bond acceptors (Lipinski definition) is 5. The van der Waals surface area contributed by atoms with Crippen molar-refractivity contribution in [2.75, 3.05) is 6.73 Å². The molecule has 0 aliphatic carbocycles. The van der Waals surface area contributed by atoms with Crippen molar-refractivity contribution in [3.8, 4) is 0 Å². The summed E-state index contributed by atoms with van der Waals surface area (Å²) in [6.45, 7) is 3.93. The van der Waals surface area contributed by atoms with Crippen LogP contribution in [-0.2, 0) is 16.1 Å². The standard InChI is InChI=1S/C15H17NO5/c1-10(2)21-9-16-15(18)20-8-11-3-4-12-13(17)5-6-19-14(12)7-11/h3-7,10H,8-9H2,1-2H3,(H,16,18). The fourth-order valence-electron chi connectivity index (χ4n) is 1.68. The molecule has 1 aromatic heterocycles. The van der Waals surface area contributed by atoms with Gasteiger partial charge in [0.05, 0.1) is 17.8 Å². The van der Waals surface area contributed by atoms with Crippen molar-refractivity contribution in [2.24, 2.45) is 0 Å². The highest BCUT2D eigenvalue weighted by molar-refractivity contribution is 5.76. The smallest absolute Gasteiger partial charge is 0.409 e. The average Bonchev–Trinajstić information content (AvgIpc) is 2.45. The third kappa shape index (κ3) is 4.32. The van der Waals surface area contributed by atoms with Crippen molar-refractivity contribution in [1.29, 1.82) is 0 Å². The quantitative estimate of drug-likeness (QED) is 0.856. The number of amides is 1. The Morgan fingerprint density at radius 1 is 1.33 bits per heavy atom. The largest absolute Gasteiger partial charge is 0.464 e. The lowest BCUT2D eigenvalue weighted by molar-refractivity contribution is 0.0568. The summed E-state index contributed by atoms with van der Waals surface area (Å²) in [5.41, 5.74) is 1.09. The van der Waals surface area contributed by atoms with Gasteiger partial charge in [0, 0.05) is 6.07 Å². The minimum Gasteiger partial charge on any atom is -0.464 e. The van der Waals surface area contributed by atoms with Gasteiger partial charge in [0.15, 0.2) is 5.43 Å². The number of ether oxygens (including phenoxy) is 2. The number of carbonyl (C=O) groups excluding carboxylic acids is 1. The van der Waals surface area contributed by atoms with E-state index in [1.165, 1.54) is 12.3 Å². The van der Waals surface area contributed by atoms with Crippen molar-refractivity contribution in [1.82, 2.24) is 5.32 Å². The molecule has 0 aliphatic rings. The maximum absolute atomic E-state index is 11.6. The molecule has 1 amide bonds. The lowest BCUT2D eigenvalue weighted by Crippen LogP contribution is -2.28. The molecule has 0 saturated heterocycles. The molecule has 21 heavy (non-hydrogen) atoms. The van der Waals surface area contributed by atoms with Crippen LogP contribution >= 0.6 is 0 Å². The van der Waals surface area contributed by atoms with Crippen molar-refractivity contribution in [3.63, 3.8) is 0 Å². The fraction of sp³-hybridized carbons (Fsp3) is 0.333. The van der Waals surface area contributed by atoms with Gasteiger partial charge in [-0.2, -0.15) is 0 Å². The van der Waals surface area contributed by atoms with Gasteiger partial charge >= 0.3 is 6.09 Å². The highest BCUT2D eigenvalue weighted by atomic mass is 16.6. The normalized spacial score (nSPS) is 10.8. The third-order valence-corrected chi connectivity index (χ3v) is 2.73. The molecule has 0 aliphatic heterocycles. The van der Waals surface area contributed by atoms with Crippen molar-refractivity contribution in [2.45, 2.75) is 26.6 Å². The van der Waals surface area contributed by atoms with Gasteiger partial charge in [0.2, 0.25) is 0 Å². The maximum atomic E-state index is 11.6. The van der Waals surface area contributed by atoms with E-state index < -0.39 is 6.09 Å². The highest BCUT2D eigenvalue weighted by Gasteiger charge is 2.05. The SMILES string of the molecule is CC(C)OCNC(=O)OCc1ccc2c(=O)ccoc2c1. The van der Waals surface area contributed by atoms with Crippen LogP contribution in [0.3, 0.4) is 0 Å². The molecule has 0 radical (unpaired) electrons. The minimum atomic E-state index is -0.565. The first kappa shape index (κ1) is 15.1. The molecule has 112 valence electrons. The summed E-state index contributed by atoms with van der Waals surface area (Å²) in [4.78, 5) is 23.0. The van der Waals surface area contributed by atoms with Gasteiger partial charge in [-0.15, -0.1) is 0 Å². The first-order valence-electron chi connectivity index (χ1n) is 6.59. The van der Waals surface area contributed by atoms with Crippen LogP contribution in [0.2, 0.25) is 0 Å². The number of carbonyl (C=O) groups is 1. The molecular weight excluding hydrogens is 274 g/mol. The summed E-state index contributed by atoms with van der Waals surface area (Å²) < 4.78 is 15.5. The molecule has 1 aromatic carbocycles. The number of fused-ring (bicyclic) bond motifs is 1. The summed E-state index contributed by atoms with van der Waals surface area (Å²) in [7, 11) is 0. The van der Waals surface area contributed by atoms with E-state index in [9.17, 15) is 9.59 Å². The van der Waals surface area contributed by atoms with Crippen LogP contribution in [0.1, 0.15) is 19.4 Å². The second kappa shape index (κ2) is 6.90. The number of alkyl carbamates (subject to hydrolysis) is 1. The zero-order chi connectivity index (χ0) is 15.2. The number of benzene rings is 1. The summed E-state index contributed by atoms with van der Waals surface area (Å²) in [6.07, 6.45) is 0.810. The first-order valence-corrected chi connectivity index (χ1v) is 6.59. The van der Waals surface area contributed by atoms with Gasteiger partial charge in [0.25, 0.3) is 0 Å². The zero-order valence-electron chi connectivity index (χ0n) is 11.9. The van der Waals surface area contributed by atoms with Gasteiger partial charge in [0.1, 0.15) is 18.9 Å². The molecule has 0 spiro atoms. The summed E-state index contributed by atoms with van der Waals surface area (Å²) in [5, 5.41) is 2.97. The van der Waals surface area contributed by atoms with Crippen LogP contribution in [0.4, 0.5) is 4.79 Å². The Hall–Kier alpha value is -2.34. The fourth-order valence-corrected chi connectivity index (χ4v) is 1.68. The second-order valence-corrected chi connectivity index (χ2v) is 4.73. The van der Waals surface area contributed by atoms with Crippen molar-refractivity contribution in [3.05, 3.63) is 46.3 Å². The molecule has 0 bridgehead atoms. The monoisotopic (exact) mass is 291 g/mol. The molecule has 0 fully saturated rings. The number of nitrogens with one attached hydrogen (secondary N) is 1. The molecule has 2 rings (SSSR count). The Morgan fingerprint density at radius 3 is 2.90 bits per heavy atom. The molecule has 0 unspecified atom stereocenters. The van der Waals surface area contributed by atoms with E-state index in [0.717, 1.165) is 5.56 Å². The van der Waals surface area contributed by atoms with Gasteiger partial charge in [-0.1, -0.05) is 6.07 Å². The Balaban J connectivity index is 1.91.